The fourth-order valence-electron chi connectivity index (χ4n) is 3.52. The third-order valence-corrected chi connectivity index (χ3v) is 4.36. The van der Waals surface area contributed by atoms with Crippen LogP contribution in [0.4, 0.5) is 23.4 Å². The first-order chi connectivity index (χ1) is 9.66. The van der Waals surface area contributed by atoms with E-state index in [0.717, 1.165) is 12.3 Å². The Bertz CT molecular complexity index is 572. The van der Waals surface area contributed by atoms with Crippen molar-refractivity contribution in [3.05, 3.63) is 22.8 Å². The fourth-order valence-corrected chi connectivity index (χ4v) is 3.68. The summed E-state index contributed by atoms with van der Waals surface area (Å²) in [6.45, 7) is -0.233. The molecular formula is C13H13ClF4N2O. The van der Waals surface area contributed by atoms with Crippen LogP contribution >= 0.6 is 11.6 Å². The zero-order valence-corrected chi connectivity index (χ0v) is 11.7. The van der Waals surface area contributed by atoms with Crippen LogP contribution in [0, 0.1) is 5.41 Å². The van der Waals surface area contributed by atoms with Gasteiger partial charge in [0.2, 0.25) is 0 Å². The van der Waals surface area contributed by atoms with Crippen molar-refractivity contribution in [1.29, 1.82) is 0 Å². The van der Waals surface area contributed by atoms with Gasteiger partial charge >= 0.3 is 6.18 Å². The first-order valence-electron chi connectivity index (χ1n) is 6.44. The summed E-state index contributed by atoms with van der Waals surface area (Å²) >= 11 is 5.59. The molecule has 0 unspecified atom stereocenters. The van der Waals surface area contributed by atoms with Crippen molar-refractivity contribution in [2.24, 2.45) is 5.41 Å². The molecule has 4 rings (SSSR count). The molecule has 3 nitrogen and oxygen atoms in total. The van der Waals surface area contributed by atoms with Gasteiger partial charge in [-0.05, 0) is 18.9 Å². The van der Waals surface area contributed by atoms with Crippen molar-refractivity contribution in [1.82, 2.24) is 4.98 Å². The molecule has 2 saturated heterocycles. The molecule has 0 atom stereocenters. The number of hydrogen-bond acceptors (Lipinski definition) is 3. The van der Waals surface area contributed by atoms with Crippen molar-refractivity contribution in [2.45, 2.75) is 24.7 Å². The van der Waals surface area contributed by atoms with Crippen LogP contribution in [0.3, 0.4) is 0 Å². The van der Waals surface area contributed by atoms with Crippen molar-refractivity contribution in [2.75, 3.05) is 24.6 Å². The molecule has 1 aliphatic carbocycles. The molecule has 3 aliphatic rings. The molecular weight excluding hydrogens is 312 g/mol. The maximum Gasteiger partial charge on any atom is 0.420 e. The van der Waals surface area contributed by atoms with Gasteiger partial charge in [0.25, 0.3) is 0 Å². The zero-order valence-electron chi connectivity index (χ0n) is 10.9. The van der Waals surface area contributed by atoms with Crippen LogP contribution in [-0.2, 0) is 6.18 Å². The van der Waals surface area contributed by atoms with E-state index in [4.69, 9.17) is 11.6 Å². The largest absolute Gasteiger partial charge is 0.420 e. The molecule has 116 valence electrons. The van der Waals surface area contributed by atoms with E-state index >= 15 is 0 Å². The lowest BCUT2D eigenvalue weighted by Crippen LogP contribution is -2.67. The van der Waals surface area contributed by atoms with Crippen LogP contribution < -0.4 is 4.90 Å². The Morgan fingerprint density at radius 2 is 2.00 bits per heavy atom. The van der Waals surface area contributed by atoms with Gasteiger partial charge in [-0.3, -0.25) is 0 Å². The van der Waals surface area contributed by atoms with Gasteiger partial charge < -0.3 is 10.0 Å². The summed E-state index contributed by atoms with van der Waals surface area (Å²) in [6.07, 6.45) is -3.14. The average Bonchev–Trinajstić information content (AvgIpc) is 2.35. The number of piperidine rings is 2. The maximum atomic E-state index is 14.3. The van der Waals surface area contributed by atoms with Crippen LogP contribution in [0.1, 0.15) is 18.4 Å². The molecule has 3 fully saturated rings. The number of anilines is 1. The Kier molecular flexibility index (Phi) is 3.15. The highest BCUT2D eigenvalue weighted by Crippen LogP contribution is 2.56. The normalized spacial score (nSPS) is 32.0. The molecule has 1 saturated carbocycles. The predicted molar refractivity (Wildman–Crippen MR) is 69.1 cm³/mol. The topological polar surface area (TPSA) is 36.4 Å². The van der Waals surface area contributed by atoms with E-state index in [0.29, 0.717) is 0 Å². The van der Waals surface area contributed by atoms with Gasteiger partial charge in [-0.15, -0.1) is 0 Å². The number of aromatic nitrogens is 1. The lowest BCUT2D eigenvalue weighted by Gasteiger charge is -2.59. The molecule has 1 N–H and O–H groups in total. The van der Waals surface area contributed by atoms with Crippen LogP contribution in [-0.4, -0.2) is 35.5 Å². The Labute approximate surface area is 123 Å². The van der Waals surface area contributed by atoms with Crippen molar-refractivity contribution >= 4 is 17.4 Å². The van der Waals surface area contributed by atoms with E-state index in [1.54, 1.807) is 0 Å². The van der Waals surface area contributed by atoms with Gasteiger partial charge in [0.05, 0.1) is 23.7 Å². The van der Waals surface area contributed by atoms with E-state index in [1.807, 2.05) is 0 Å². The van der Waals surface area contributed by atoms with E-state index < -0.39 is 22.8 Å². The van der Waals surface area contributed by atoms with Gasteiger partial charge in [0, 0.05) is 18.2 Å². The molecule has 0 spiro atoms. The minimum absolute atomic E-state index is 0.125. The summed E-state index contributed by atoms with van der Waals surface area (Å²) in [5, 5.41) is 9.26. The minimum atomic E-state index is -4.62. The number of halogens is 5. The molecule has 1 aromatic rings. The number of hydrogen-bond donors (Lipinski definition) is 1. The number of pyridine rings is 1. The molecule has 0 amide bonds. The van der Waals surface area contributed by atoms with Gasteiger partial charge in [-0.25, -0.2) is 9.37 Å². The molecule has 2 aliphatic heterocycles. The van der Waals surface area contributed by atoms with Crippen LogP contribution in [0.25, 0.3) is 0 Å². The summed E-state index contributed by atoms with van der Waals surface area (Å²) in [6, 6.07) is 0.792. The molecule has 1 aromatic heterocycles. The predicted octanol–water partition coefficient (Wildman–Crippen LogP) is 3.05. The smallest absolute Gasteiger partial charge is 0.396 e. The summed E-state index contributed by atoms with van der Waals surface area (Å²) in [4.78, 5) is 5.01. The van der Waals surface area contributed by atoms with Crippen LogP contribution in [0.15, 0.2) is 12.3 Å². The first kappa shape index (κ1) is 14.8. The first-order valence-corrected chi connectivity index (χ1v) is 6.82. The van der Waals surface area contributed by atoms with Crippen molar-refractivity contribution in [3.8, 4) is 0 Å². The standard InChI is InChI=1S/C13H13ClF4N2O/c14-8-1-9(13(16,17)18)10(19-2-8)20-5-11(7-21)3-12(15,4-11)6-20/h1-2,21H,3-7H2. The number of nitrogens with zero attached hydrogens (tertiary/aromatic N) is 2. The number of aliphatic hydroxyl groups excluding tert-OH is 1. The molecule has 8 heteroatoms. The summed E-state index contributed by atoms with van der Waals surface area (Å²) in [5.74, 6) is -0.328. The maximum absolute atomic E-state index is 14.3. The third-order valence-electron chi connectivity index (χ3n) is 4.16. The van der Waals surface area contributed by atoms with Crippen molar-refractivity contribution < 1.29 is 22.7 Å². The molecule has 3 heterocycles. The third kappa shape index (κ3) is 2.46. The van der Waals surface area contributed by atoms with Gasteiger partial charge in [0.1, 0.15) is 11.5 Å². The second-order valence-corrected chi connectivity index (χ2v) is 6.48. The highest BCUT2D eigenvalue weighted by Gasteiger charge is 2.61. The summed E-state index contributed by atoms with van der Waals surface area (Å²) < 4.78 is 53.6. The van der Waals surface area contributed by atoms with Crippen LogP contribution in [0.2, 0.25) is 5.02 Å². The Morgan fingerprint density at radius 1 is 1.33 bits per heavy atom. The minimum Gasteiger partial charge on any atom is -0.396 e. The average molecular weight is 325 g/mol. The number of alkyl halides is 4. The molecule has 0 radical (unpaired) electrons. The second kappa shape index (κ2) is 4.46. The Morgan fingerprint density at radius 3 is 2.57 bits per heavy atom. The molecule has 21 heavy (non-hydrogen) atoms. The van der Waals surface area contributed by atoms with Gasteiger partial charge in [-0.2, -0.15) is 13.2 Å². The van der Waals surface area contributed by atoms with Crippen LogP contribution in [0.5, 0.6) is 0 Å². The lowest BCUT2D eigenvalue weighted by atomic mass is 9.57. The van der Waals surface area contributed by atoms with Crippen molar-refractivity contribution in [3.63, 3.8) is 0 Å². The van der Waals surface area contributed by atoms with E-state index in [-0.39, 0.29) is 43.4 Å². The highest BCUT2D eigenvalue weighted by molar-refractivity contribution is 6.30. The van der Waals surface area contributed by atoms with Gasteiger partial charge in [0.15, 0.2) is 0 Å². The lowest BCUT2D eigenvalue weighted by molar-refractivity contribution is -0.138. The van der Waals surface area contributed by atoms with Gasteiger partial charge in [-0.1, -0.05) is 11.6 Å². The number of fused-ring (bicyclic) bond motifs is 2. The highest BCUT2D eigenvalue weighted by atomic mass is 35.5. The van der Waals surface area contributed by atoms with E-state index in [2.05, 4.69) is 4.98 Å². The number of rotatable bonds is 2. The monoisotopic (exact) mass is 324 g/mol. The van der Waals surface area contributed by atoms with E-state index in [1.165, 1.54) is 4.90 Å². The SMILES string of the molecule is OCC12CN(c3ncc(Cl)cc3C(F)(F)F)CC(F)(C1)C2. The Balaban J connectivity index is 1.98. The Hall–Kier alpha value is -1.08. The molecule has 2 bridgehead atoms. The quantitative estimate of drug-likeness (QED) is 0.849. The number of aliphatic hydroxyl groups is 1. The molecule has 0 aromatic carbocycles. The summed E-state index contributed by atoms with van der Waals surface area (Å²) in [5.41, 5.74) is -3.20. The fraction of sp³-hybridized carbons (Fsp3) is 0.615. The summed E-state index contributed by atoms with van der Waals surface area (Å²) in [7, 11) is 0. The van der Waals surface area contributed by atoms with E-state index in [9.17, 15) is 22.7 Å². The second-order valence-electron chi connectivity index (χ2n) is 6.04. The zero-order chi connectivity index (χ0) is 15.5.